The van der Waals surface area contributed by atoms with Crippen LogP contribution < -0.4 is 5.32 Å². The number of hydrogen-bond donors (Lipinski definition) is 2. The maximum atomic E-state index is 11.4. The maximum absolute atomic E-state index is 11.4. The van der Waals surface area contributed by atoms with Gasteiger partial charge in [0.1, 0.15) is 0 Å². The molecule has 1 heterocycles. The van der Waals surface area contributed by atoms with Gasteiger partial charge in [-0.05, 0) is 38.5 Å². The predicted molar refractivity (Wildman–Crippen MR) is 62.2 cm³/mol. The summed E-state index contributed by atoms with van der Waals surface area (Å²) in [6, 6.07) is 0. The first-order chi connectivity index (χ1) is 7.83. The summed E-state index contributed by atoms with van der Waals surface area (Å²) in [6.45, 7) is 1.82. The van der Waals surface area contributed by atoms with Crippen molar-refractivity contribution in [3.8, 4) is 0 Å². The monoisotopic (exact) mass is 229 g/mol. The number of amides is 1. The number of hydrogen-bond acceptors (Lipinski definition) is 3. The molecule has 1 aliphatic heterocycles. The van der Waals surface area contributed by atoms with Crippen LogP contribution in [0.5, 0.6) is 0 Å². The van der Waals surface area contributed by atoms with Gasteiger partial charge in [0.2, 0.25) is 5.91 Å². The summed E-state index contributed by atoms with van der Waals surface area (Å²) in [6.07, 6.45) is 6.71. The van der Waals surface area contributed by atoms with Gasteiger partial charge in [0.25, 0.3) is 0 Å². The summed E-state index contributed by atoms with van der Waals surface area (Å²) >= 11 is 0. The van der Waals surface area contributed by atoms with Crippen LogP contribution in [0.15, 0.2) is 0 Å². The van der Waals surface area contributed by atoms with E-state index in [9.17, 15) is 4.79 Å². The van der Waals surface area contributed by atoms with Crippen LogP contribution in [-0.2, 0) is 9.53 Å². The average molecular weight is 229 g/mol. The molecule has 16 heavy (non-hydrogen) atoms. The maximum Gasteiger partial charge on any atom is 0.220 e. The highest BCUT2D eigenvalue weighted by atomic mass is 16.5. The van der Waals surface area contributed by atoms with Gasteiger partial charge < -0.3 is 15.2 Å². The zero-order valence-electron chi connectivity index (χ0n) is 9.91. The van der Waals surface area contributed by atoms with Gasteiger partial charge in [-0.2, -0.15) is 0 Å². The van der Waals surface area contributed by atoms with E-state index < -0.39 is 0 Å². The molecule has 0 bridgehead atoms. The standard InChI is InChI=1S/C12H23NO3/c14-9-3-1-2-8-13-12(15)7-6-11-5-4-10-16-11/h11,14H,1-10H2,(H,13,15). The molecule has 0 saturated carbocycles. The van der Waals surface area contributed by atoms with E-state index in [-0.39, 0.29) is 12.5 Å². The molecule has 0 radical (unpaired) electrons. The number of unbranched alkanes of at least 4 members (excludes halogenated alkanes) is 2. The molecule has 4 heteroatoms. The topological polar surface area (TPSA) is 58.6 Å². The van der Waals surface area contributed by atoms with E-state index in [4.69, 9.17) is 9.84 Å². The summed E-state index contributed by atoms with van der Waals surface area (Å²) in [5, 5.41) is 11.5. The molecule has 4 nitrogen and oxygen atoms in total. The van der Waals surface area contributed by atoms with E-state index in [0.717, 1.165) is 51.7 Å². The smallest absolute Gasteiger partial charge is 0.220 e. The highest BCUT2D eigenvalue weighted by Gasteiger charge is 2.16. The molecule has 1 amide bonds. The van der Waals surface area contributed by atoms with Crippen molar-refractivity contribution in [3.05, 3.63) is 0 Å². The van der Waals surface area contributed by atoms with Crippen LogP contribution in [0.2, 0.25) is 0 Å². The van der Waals surface area contributed by atoms with E-state index >= 15 is 0 Å². The van der Waals surface area contributed by atoms with Crippen LogP contribution in [0.3, 0.4) is 0 Å². The molecule has 1 aliphatic rings. The van der Waals surface area contributed by atoms with E-state index in [0.29, 0.717) is 12.5 Å². The van der Waals surface area contributed by atoms with Crippen LogP contribution in [0.25, 0.3) is 0 Å². The number of aliphatic hydroxyl groups is 1. The lowest BCUT2D eigenvalue weighted by atomic mass is 10.1. The lowest BCUT2D eigenvalue weighted by molar-refractivity contribution is -0.121. The molecule has 1 rings (SSSR count). The van der Waals surface area contributed by atoms with Crippen LogP contribution in [-0.4, -0.2) is 36.9 Å². The van der Waals surface area contributed by atoms with Crippen LogP contribution in [0.1, 0.15) is 44.9 Å². The van der Waals surface area contributed by atoms with Crippen LogP contribution >= 0.6 is 0 Å². The Kier molecular flexibility index (Phi) is 7.17. The van der Waals surface area contributed by atoms with Gasteiger partial charge in [0.05, 0.1) is 6.10 Å². The summed E-state index contributed by atoms with van der Waals surface area (Å²) in [4.78, 5) is 11.4. The van der Waals surface area contributed by atoms with Crippen molar-refractivity contribution in [1.82, 2.24) is 5.32 Å². The molecule has 1 fully saturated rings. The zero-order chi connectivity index (χ0) is 11.6. The SMILES string of the molecule is O=C(CCC1CCCO1)NCCCCCO. The lowest BCUT2D eigenvalue weighted by Gasteiger charge is -2.09. The normalized spacial score (nSPS) is 19.9. The van der Waals surface area contributed by atoms with Crippen LogP contribution in [0, 0.1) is 0 Å². The molecule has 0 aliphatic carbocycles. The Balaban J connectivity index is 1.90. The third kappa shape index (κ3) is 6.08. The van der Waals surface area contributed by atoms with Crippen molar-refractivity contribution in [3.63, 3.8) is 0 Å². The third-order valence-electron chi connectivity index (χ3n) is 2.87. The zero-order valence-corrected chi connectivity index (χ0v) is 9.91. The fourth-order valence-electron chi connectivity index (χ4n) is 1.89. The number of nitrogens with one attached hydrogen (secondary N) is 1. The number of rotatable bonds is 8. The molecule has 0 spiro atoms. The summed E-state index contributed by atoms with van der Waals surface area (Å²) < 4.78 is 5.45. The molecule has 1 saturated heterocycles. The van der Waals surface area contributed by atoms with E-state index in [2.05, 4.69) is 5.32 Å². The molecule has 0 aromatic rings. The fourth-order valence-corrected chi connectivity index (χ4v) is 1.89. The predicted octanol–water partition coefficient (Wildman–Crippen LogP) is 1.22. The van der Waals surface area contributed by atoms with Crippen molar-refractivity contribution in [1.29, 1.82) is 0 Å². The first-order valence-corrected chi connectivity index (χ1v) is 6.32. The van der Waals surface area contributed by atoms with Gasteiger partial charge >= 0.3 is 0 Å². The fraction of sp³-hybridized carbons (Fsp3) is 0.917. The van der Waals surface area contributed by atoms with Crippen molar-refractivity contribution in [2.75, 3.05) is 19.8 Å². The van der Waals surface area contributed by atoms with E-state index in [1.165, 1.54) is 0 Å². The number of carbonyl (C=O) groups excluding carboxylic acids is 1. The lowest BCUT2D eigenvalue weighted by Crippen LogP contribution is -2.25. The van der Waals surface area contributed by atoms with Crippen molar-refractivity contribution >= 4 is 5.91 Å². The van der Waals surface area contributed by atoms with Gasteiger partial charge in [-0.3, -0.25) is 4.79 Å². The third-order valence-corrected chi connectivity index (χ3v) is 2.87. The van der Waals surface area contributed by atoms with Gasteiger partial charge in [-0.15, -0.1) is 0 Å². The molecule has 0 aromatic heterocycles. The first-order valence-electron chi connectivity index (χ1n) is 6.32. The molecule has 1 unspecified atom stereocenters. The van der Waals surface area contributed by atoms with Crippen molar-refractivity contribution in [2.24, 2.45) is 0 Å². The van der Waals surface area contributed by atoms with Crippen molar-refractivity contribution < 1.29 is 14.6 Å². The number of ether oxygens (including phenoxy) is 1. The summed E-state index contributed by atoms with van der Waals surface area (Å²) in [5.41, 5.74) is 0. The Morgan fingerprint density at radius 2 is 2.25 bits per heavy atom. The van der Waals surface area contributed by atoms with Gasteiger partial charge in [0, 0.05) is 26.2 Å². The molecule has 94 valence electrons. The number of carbonyl (C=O) groups is 1. The minimum Gasteiger partial charge on any atom is -0.396 e. The minimum absolute atomic E-state index is 0.125. The highest BCUT2D eigenvalue weighted by Crippen LogP contribution is 2.16. The second kappa shape index (κ2) is 8.53. The Bertz CT molecular complexity index is 191. The molecule has 2 N–H and O–H groups in total. The molecule has 1 atom stereocenters. The second-order valence-electron chi connectivity index (χ2n) is 4.31. The highest BCUT2D eigenvalue weighted by molar-refractivity contribution is 5.75. The van der Waals surface area contributed by atoms with Crippen LogP contribution in [0.4, 0.5) is 0 Å². The summed E-state index contributed by atoms with van der Waals surface area (Å²) in [7, 11) is 0. The van der Waals surface area contributed by atoms with Gasteiger partial charge in [0.15, 0.2) is 0 Å². The first kappa shape index (κ1) is 13.5. The minimum atomic E-state index is 0.125. The Hall–Kier alpha value is -0.610. The van der Waals surface area contributed by atoms with E-state index in [1.807, 2.05) is 0 Å². The van der Waals surface area contributed by atoms with Gasteiger partial charge in [-0.25, -0.2) is 0 Å². The second-order valence-corrected chi connectivity index (χ2v) is 4.31. The number of aliphatic hydroxyl groups excluding tert-OH is 1. The Labute approximate surface area is 97.4 Å². The average Bonchev–Trinajstić information content (AvgIpc) is 2.79. The molecule has 0 aromatic carbocycles. The van der Waals surface area contributed by atoms with Crippen molar-refractivity contribution in [2.45, 2.75) is 51.0 Å². The Morgan fingerprint density at radius 1 is 1.38 bits per heavy atom. The van der Waals surface area contributed by atoms with Gasteiger partial charge in [-0.1, -0.05) is 0 Å². The summed E-state index contributed by atoms with van der Waals surface area (Å²) in [5.74, 6) is 0.125. The molecular formula is C12H23NO3. The quantitative estimate of drug-likeness (QED) is 0.615. The largest absolute Gasteiger partial charge is 0.396 e. The Morgan fingerprint density at radius 3 is 2.94 bits per heavy atom. The van der Waals surface area contributed by atoms with E-state index in [1.54, 1.807) is 0 Å². The molecular weight excluding hydrogens is 206 g/mol.